The molecule has 1 aliphatic rings. The van der Waals surface area contributed by atoms with Crippen LogP contribution in [0.4, 0.5) is 4.39 Å². The van der Waals surface area contributed by atoms with Gasteiger partial charge in [0.15, 0.2) is 5.03 Å². The summed E-state index contributed by atoms with van der Waals surface area (Å²) in [6, 6.07) is 6.56. The van der Waals surface area contributed by atoms with E-state index in [0.717, 1.165) is 0 Å². The van der Waals surface area contributed by atoms with Gasteiger partial charge in [-0.2, -0.15) is 9.40 Å². The number of halogens is 1. The first-order chi connectivity index (χ1) is 10.4. The third-order valence-corrected chi connectivity index (χ3v) is 5.79. The maximum Gasteiger partial charge on any atom is 0.260 e. The zero-order valence-electron chi connectivity index (χ0n) is 11.9. The largest absolute Gasteiger partial charge is 0.392 e. The lowest BCUT2D eigenvalue weighted by atomic mass is 10.0. The van der Waals surface area contributed by atoms with E-state index in [4.69, 9.17) is 0 Å². The van der Waals surface area contributed by atoms with Gasteiger partial charge in [-0.1, -0.05) is 12.1 Å². The van der Waals surface area contributed by atoms with Gasteiger partial charge in [-0.15, -0.1) is 0 Å². The number of benzene rings is 1. The number of rotatable bonds is 3. The van der Waals surface area contributed by atoms with Gasteiger partial charge in [0.1, 0.15) is 5.82 Å². The van der Waals surface area contributed by atoms with Crippen LogP contribution in [0.5, 0.6) is 0 Å². The highest BCUT2D eigenvalue weighted by molar-refractivity contribution is 7.89. The molecule has 2 aromatic rings. The molecule has 0 bridgehead atoms. The molecule has 8 heteroatoms. The molecule has 1 aromatic heterocycles. The first-order valence-corrected chi connectivity index (χ1v) is 8.27. The highest BCUT2D eigenvalue weighted by atomic mass is 32.2. The first kappa shape index (κ1) is 15.1. The number of aryl methyl sites for hydroxylation is 1. The van der Waals surface area contributed by atoms with E-state index in [0.29, 0.717) is 5.56 Å². The van der Waals surface area contributed by atoms with Crippen LogP contribution in [0.25, 0.3) is 0 Å². The van der Waals surface area contributed by atoms with Crippen LogP contribution in [0.3, 0.4) is 0 Å². The van der Waals surface area contributed by atoms with Crippen molar-refractivity contribution in [3.63, 3.8) is 0 Å². The molecule has 0 saturated carbocycles. The third-order valence-electron chi connectivity index (χ3n) is 3.84. The van der Waals surface area contributed by atoms with E-state index < -0.39 is 22.2 Å². The van der Waals surface area contributed by atoms with Crippen LogP contribution < -0.4 is 0 Å². The Morgan fingerprint density at radius 1 is 1.27 bits per heavy atom. The number of β-amino-alcohol motifs (C(OH)–C–C–N with tert-alkyl or cyclic N) is 1. The molecule has 0 spiro atoms. The van der Waals surface area contributed by atoms with Gasteiger partial charge in [-0.05, 0) is 30.2 Å². The van der Waals surface area contributed by atoms with Gasteiger partial charge in [0, 0.05) is 13.6 Å². The van der Waals surface area contributed by atoms with E-state index >= 15 is 0 Å². The molecule has 118 valence electrons. The second-order valence-corrected chi connectivity index (χ2v) is 7.16. The molecule has 1 saturated heterocycles. The molecule has 6 nitrogen and oxygen atoms in total. The highest BCUT2D eigenvalue weighted by Gasteiger charge is 2.41. The average molecular weight is 325 g/mol. The van der Waals surface area contributed by atoms with Crippen LogP contribution in [-0.4, -0.2) is 40.3 Å². The smallest absolute Gasteiger partial charge is 0.260 e. The lowest BCUT2D eigenvalue weighted by Gasteiger charge is -2.23. The summed E-state index contributed by atoms with van der Waals surface area (Å²) in [7, 11) is -2.24. The predicted molar refractivity (Wildman–Crippen MR) is 76.9 cm³/mol. The lowest BCUT2D eigenvalue weighted by Crippen LogP contribution is -2.33. The predicted octanol–water partition coefficient (Wildman–Crippen LogP) is 1.06. The highest BCUT2D eigenvalue weighted by Crippen LogP contribution is 2.36. The van der Waals surface area contributed by atoms with Crippen LogP contribution in [-0.2, 0) is 17.1 Å². The normalized spacial score (nSPS) is 23.0. The SMILES string of the molecule is Cn1nccc1S(=O)(=O)N1C[C@H](O)C[C@@H]1c1ccc(F)cc1. The second-order valence-electron chi connectivity index (χ2n) is 5.32. The number of aliphatic hydroxyl groups is 1. The number of aliphatic hydroxyl groups excluding tert-OH is 1. The van der Waals surface area contributed by atoms with Crippen molar-refractivity contribution < 1.29 is 17.9 Å². The van der Waals surface area contributed by atoms with Crippen molar-refractivity contribution in [3.8, 4) is 0 Å². The minimum atomic E-state index is -3.79. The summed E-state index contributed by atoms with van der Waals surface area (Å²) in [5, 5.41) is 13.9. The molecule has 1 fully saturated rings. The van der Waals surface area contributed by atoms with Crippen molar-refractivity contribution in [1.82, 2.24) is 14.1 Å². The molecular weight excluding hydrogens is 309 g/mol. The summed E-state index contributed by atoms with van der Waals surface area (Å²) < 4.78 is 41.2. The zero-order chi connectivity index (χ0) is 15.9. The summed E-state index contributed by atoms with van der Waals surface area (Å²) >= 11 is 0. The molecule has 22 heavy (non-hydrogen) atoms. The molecule has 0 radical (unpaired) electrons. The number of sulfonamides is 1. The minimum absolute atomic E-state index is 0.00948. The zero-order valence-corrected chi connectivity index (χ0v) is 12.7. The summed E-state index contributed by atoms with van der Waals surface area (Å²) in [5.74, 6) is -0.386. The fourth-order valence-corrected chi connectivity index (χ4v) is 4.54. The van der Waals surface area contributed by atoms with E-state index in [1.54, 1.807) is 19.2 Å². The average Bonchev–Trinajstić information content (AvgIpc) is 3.06. The summed E-state index contributed by atoms with van der Waals surface area (Å²) in [5.41, 5.74) is 0.656. The van der Waals surface area contributed by atoms with Crippen molar-refractivity contribution >= 4 is 10.0 Å². The number of nitrogens with zero attached hydrogens (tertiary/aromatic N) is 3. The molecule has 2 atom stereocenters. The van der Waals surface area contributed by atoms with Gasteiger partial charge in [0.2, 0.25) is 0 Å². The molecule has 0 aliphatic carbocycles. The van der Waals surface area contributed by atoms with Crippen LogP contribution in [0.15, 0.2) is 41.6 Å². The van der Waals surface area contributed by atoms with Gasteiger partial charge in [0.25, 0.3) is 10.0 Å². The van der Waals surface area contributed by atoms with E-state index in [9.17, 15) is 17.9 Å². The Kier molecular flexibility index (Phi) is 3.75. The van der Waals surface area contributed by atoms with Crippen LogP contribution in [0.2, 0.25) is 0 Å². The van der Waals surface area contributed by atoms with Crippen LogP contribution in [0, 0.1) is 5.82 Å². The lowest BCUT2D eigenvalue weighted by molar-refractivity contribution is 0.188. The van der Waals surface area contributed by atoms with Crippen LogP contribution in [0.1, 0.15) is 18.0 Å². The van der Waals surface area contributed by atoms with E-state index in [1.165, 1.54) is 33.4 Å². The Balaban J connectivity index is 2.01. The molecule has 2 heterocycles. The fourth-order valence-electron chi connectivity index (χ4n) is 2.77. The van der Waals surface area contributed by atoms with Crippen LogP contribution >= 0.6 is 0 Å². The van der Waals surface area contributed by atoms with Gasteiger partial charge < -0.3 is 5.11 Å². The van der Waals surface area contributed by atoms with E-state index in [1.807, 2.05) is 0 Å². The molecule has 0 unspecified atom stereocenters. The Morgan fingerprint density at radius 2 is 1.95 bits per heavy atom. The Bertz CT molecular complexity index is 773. The van der Waals surface area contributed by atoms with Gasteiger partial charge >= 0.3 is 0 Å². The quantitative estimate of drug-likeness (QED) is 0.915. The number of hydrogen-bond acceptors (Lipinski definition) is 4. The van der Waals surface area contributed by atoms with Crippen molar-refractivity contribution in [2.24, 2.45) is 7.05 Å². The Hall–Kier alpha value is -1.77. The van der Waals surface area contributed by atoms with Gasteiger partial charge in [-0.3, -0.25) is 4.68 Å². The molecule has 1 aromatic carbocycles. The first-order valence-electron chi connectivity index (χ1n) is 6.83. The van der Waals surface area contributed by atoms with Gasteiger partial charge in [0.05, 0.1) is 18.3 Å². The van der Waals surface area contributed by atoms with Crippen molar-refractivity contribution in [1.29, 1.82) is 0 Å². The molecule has 1 aliphatic heterocycles. The van der Waals surface area contributed by atoms with Gasteiger partial charge in [-0.25, -0.2) is 12.8 Å². The summed E-state index contributed by atoms with van der Waals surface area (Å²) in [6.07, 6.45) is 0.938. The van der Waals surface area contributed by atoms with E-state index in [-0.39, 0.29) is 23.8 Å². The van der Waals surface area contributed by atoms with Crippen molar-refractivity contribution in [3.05, 3.63) is 47.9 Å². The molecule has 1 N–H and O–H groups in total. The minimum Gasteiger partial charge on any atom is -0.392 e. The Morgan fingerprint density at radius 3 is 2.55 bits per heavy atom. The maximum absolute atomic E-state index is 13.1. The van der Waals surface area contributed by atoms with E-state index in [2.05, 4.69) is 5.10 Å². The monoisotopic (exact) mass is 325 g/mol. The molecule has 0 amide bonds. The van der Waals surface area contributed by atoms with Crippen molar-refractivity contribution in [2.45, 2.75) is 23.6 Å². The third kappa shape index (κ3) is 2.53. The number of hydrogen-bond donors (Lipinski definition) is 1. The van der Waals surface area contributed by atoms with Crippen molar-refractivity contribution in [2.75, 3.05) is 6.54 Å². The molecular formula is C14H16FN3O3S. The topological polar surface area (TPSA) is 75.4 Å². The number of aromatic nitrogens is 2. The Labute approximate surface area is 127 Å². The second kappa shape index (κ2) is 5.45. The fraction of sp³-hybridized carbons (Fsp3) is 0.357. The summed E-state index contributed by atoms with van der Waals surface area (Å²) in [6.45, 7) is 0.00948. The standard InChI is InChI=1S/C14H16FN3O3S/c1-17-14(6-7-16-17)22(20,21)18-9-12(19)8-13(18)10-2-4-11(15)5-3-10/h2-7,12-13,19H,8-9H2,1H3/t12-,13-/m1/s1. The summed E-state index contributed by atoms with van der Waals surface area (Å²) in [4.78, 5) is 0. The molecule has 3 rings (SSSR count). The maximum atomic E-state index is 13.1.